The van der Waals surface area contributed by atoms with Gasteiger partial charge in [0.1, 0.15) is 6.33 Å². The van der Waals surface area contributed by atoms with Gasteiger partial charge in [-0.25, -0.2) is 4.98 Å². The minimum atomic E-state index is -0.207. The Labute approximate surface area is 165 Å². The van der Waals surface area contributed by atoms with E-state index in [0.717, 1.165) is 48.5 Å². The summed E-state index contributed by atoms with van der Waals surface area (Å²) in [6.07, 6.45) is 2.12. The quantitative estimate of drug-likeness (QED) is 0.639. The molecule has 0 spiro atoms. The molecular weight excluding hydrogens is 352 g/mol. The van der Waals surface area contributed by atoms with Gasteiger partial charge < -0.3 is 14.5 Å². The Morgan fingerprint density at radius 2 is 1.86 bits per heavy atom. The first-order chi connectivity index (χ1) is 13.6. The second kappa shape index (κ2) is 8.02. The summed E-state index contributed by atoms with van der Waals surface area (Å²) < 4.78 is 7.14. The highest BCUT2D eigenvalue weighted by Gasteiger charge is 2.15. The van der Waals surface area contributed by atoms with Crippen molar-refractivity contribution in [2.75, 3.05) is 44.7 Å². The van der Waals surface area contributed by atoms with Crippen molar-refractivity contribution in [3.8, 4) is 5.69 Å². The fourth-order valence-corrected chi connectivity index (χ4v) is 3.66. The van der Waals surface area contributed by atoms with Crippen LogP contribution in [-0.2, 0) is 16.0 Å². The highest BCUT2D eigenvalue weighted by molar-refractivity contribution is 5.80. The van der Waals surface area contributed by atoms with E-state index in [2.05, 4.69) is 50.7 Å². The number of nitrogens with zero attached hydrogens (tertiary/aromatic N) is 4. The van der Waals surface area contributed by atoms with Crippen LogP contribution in [-0.4, -0.2) is 60.3 Å². The molecule has 3 aromatic rings. The van der Waals surface area contributed by atoms with Gasteiger partial charge in [0.25, 0.3) is 0 Å². The molecule has 28 heavy (non-hydrogen) atoms. The van der Waals surface area contributed by atoms with Crippen molar-refractivity contribution in [3.05, 3.63) is 54.4 Å². The Kier molecular flexibility index (Phi) is 5.30. The summed E-state index contributed by atoms with van der Waals surface area (Å²) in [5.41, 5.74) is 5.17. The van der Waals surface area contributed by atoms with Crippen LogP contribution in [0.3, 0.4) is 0 Å². The van der Waals surface area contributed by atoms with E-state index >= 15 is 0 Å². The molecule has 146 valence electrons. The fourth-order valence-electron chi connectivity index (χ4n) is 3.66. The second-order valence-electron chi connectivity index (χ2n) is 7.23. The molecule has 0 aliphatic carbocycles. The molecule has 0 saturated carbocycles. The van der Waals surface area contributed by atoms with Crippen LogP contribution >= 0.6 is 0 Å². The number of ether oxygens (including phenoxy) is 1. The van der Waals surface area contributed by atoms with Gasteiger partial charge in [-0.1, -0.05) is 12.1 Å². The zero-order chi connectivity index (χ0) is 19.5. The van der Waals surface area contributed by atoms with Gasteiger partial charge in [0.05, 0.1) is 24.1 Å². The third kappa shape index (κ3) is 3.87. The van der Waals surface area contributed by atoms with Crippen LogP contribution in [0.1, 0.15) is 12.5 Å². The van der Waals surface area contributed by atoms with Gasteiger partial charge in [-0.05, 0) is 49.9 Å². The second-order valence-corrected chi connectivity index (χ2v) is 7.23. The number of hydrogen-bond acceptors (Lipinski definition) is 5. The van der Waals surface area contributed by atoms with Gasteiger partial charge in [-0.2, -0.15) is 0 Å². The molecule has 1 aliphatic rings. The van der Waals surface area contributed by atoms with Crippen molar-refractivity contribution in [2.45, 2.75) is 13.3 Å². The Bertz CT molecular complexity index is 974. The van der Waals surface area contributed by atoms with E-state index in [4.69, 9.17) is 4.74 Å². The third-order valence-corrected chi connectivity index (χ3v) is 5.24. The molecule has 0 unspecified atom stereocenters. The van der Waals surface area contributed by atoms with Crippen molar-refractivity contribution >= 4 is 22.7 Å². The third-order valence-electron chi connectivity index (χ3n) is 5.24. The normalized spacial score (nSPS) is 15.1. The summed E-state index contributed by atoms with van der Waals surface area (Å²) in [5, 5.41) is 0. The molecule has 1 fully saturated rings. The Hall–Kier alpha value is -2.86. The van der Waals surface area contributed by atoms with Crippen LogP contribution in [0.15, 0.2) is 48.8 Å². The number of likely N-dealkylation sites (N-methyl/N-ethyl adjacent to an activating group) is 1. The van der Waals surface area contributed by atoms with Crippen LogP contribution in [0.2, 0.25) is 0 Å². The van der Waals surface area contributed by atoms with Crippen LogP contribution < -0.4 is 4.90 Å². The average molecular weight is 378 g/mol. The molecule has 2 heterocycles. The van der Waals surface area contributed by atoms with E-state index in [1.165, 1.54) is 5.69 Å². The summed E-state index contributed by atoms with van der Waals surface area (Å²) >= 11 is 0. The smallest absolute Gasteiger partial charge is 0.310 e. The molecule has 2 aromatic carbocycles. The van der Waals surface area contributed by atoms with Gasteiger partial charge in [-0.3, -0.25) is 9.36 Å². The Morgan fingerprint density at radius 1 is 1.07 bits per heavy atom. The first-order valence-corrected chi connectivity index (χ1v) is 9.79. The summed E-state index contributed by atoms with van der Waals surface area (Å²) in [7, 11) is 2.17. The van der Waals surface area contributed by atoms with Crippen molar-refractivity contribution in [2.24, 2.45) is 0 Å². The maximum atomic E-state index is 11.7. The molecule has 0 atom stereocenters. The first-order valence-electron chi connectivity index (χ1n) is 9.79. The Balaban J connectivity index is 1.59. The maximum Gasteiger partial charge on any atom is 0.310 e. The number of imidazole rings is 1. The van der Waals surface area contributed by atoms with Crippen LogP contribution in [0, 0.1) is 0 Å². The van der Waals surface area contributed by atoms with E-state index in [0.29, 0.717) is 6.61 Å². The molecule has 6 heteroatoms. The van der Waals surface area contributed by atoms with Gasteiger partial charge in [0.15, 0.2) is 0 Å². The Morgan fingerprint density at radius 3 is 2.64 bits per heavy atom. The first kappa shape index (κ1) is 18.5. The highest BCUT2D eigenvalue weighted by Crippen LogP contribution is 2.24. The lowest BCUT2D eigenvalue weighted by Crippen LogP contribution is -2.44. The zero-order valence-electron chi connectivity index (χ0n) is 16.5. The van der Waals surface area contributed by atoms with Gasteiger partial charge in [-0.15, -0.1) is 0 Å². The molecule has 0 bridgehead atoms. The minimum absolute atomic E-state index is 0.207. The van der Waals surface area contributed by atoms with Crippen molar-refractivity contribution in [1.29, 1.82) is 0 Å². The largest absolute Gasteiger partial charge is 0.466 e. The van der Waals surface area contributed by atoms with E-state index in [1.807, 2.05) is 31.5 Å². The molecule has 1 aromatic heterocycles. The topological polar surface area (TPSA) is 50.6 Å². The monoisotopic (exact) mass is 378 g/mol. The molecule has 4 rings (SSSR count). The molecule has 0 radical (unpaired) electrons. The van der Waals surface area contributed by atoms with Crippen molar-refractivity contribution < 1.29 is 9.53 Å². The average Bonchev–Trinajstić information content (AvgIpc) is 3.12. The maximum absolute atomic E-state index is 11.7. The zero-order valence-corrected chi connectivity index (χ0v) is 16.5. The number of rotatable bonds is 5. The standard InChI is InChI=1S/C22H26N4O2/c1-3-28-22(27)14-17-7-8-21-20(13-17)23-16-26(21)19-6-4-5-18(15-19)25-11-9-24(2)10-12-25/h4-8,13,15-16H,3,9-12,14H2,1-2H3. The molecule has 1 aliphatic heterocycles. The number of hydrogen-bond donors (Lipinski definition) is 0. The number of anilines is 1. The van der Waals surface area contributed by atoms with Crippen molar-refractivity contribution in [1.82, 2.24) is 14.5 Å². The predicted molar refractivity (Wildman–Crippen MR) is 111 cm³/mol. The molecule has 6 nitrogen and oxygen atoms in total. The predicted octanol–water partition coefficient (Wildman–Crippen LogP) is 2.88. The molecule has 1 saturated heterocycles. The van der Waals surface area contributed by atoms with E-state index in [1.54, 1.807) is 0 Å². The summed E-state index contributed by atoms with van der Waals surface area (Å²) in [6.45, 7) is 6.48. The lowest BCUT2D eigenvalue weighted by Gasteiger charge is -2.34. The number of esters is 1. The minimum Gasteiger partial charge on any atom is -0.466 e. The van der Waals surface area contributed by atoms with E-state index in [9.17, 15) is 4.79 Å². The lowest BCUT2D eigenvalue weighted by atomic mass is 10.1. The number of fused-ring (bicyclic) bond motifs is 1. The van der Waals surface area contributed by atoms with Crippen LogP contribution in [0.25, 0.3) is 16.7 Å². The van der Waals surface area contributed by atoms with Crippen molar-refractivity contribution in [3.63, 3.8) is 0 Å². The fraction of sp³-hybridized carbons (Fsp3) is 0.364. The van der Waals surface area contributed by atoms with Crippen LogP contribution in [0.5, 0.6) is 0 Å². The van der Waals surface area contributed by atoms with E-state index < -0.39 is 0 Å². The lowest BCUT2D eigenvalue weighted by molar-refractivity contribution is -0.142. The molecule has 0 N–H and O–H groups in total. The summed E-state index contributed by atoms with van der Waals surface area (Å²) in [6, 6.07) is 14.6. The van der Waals surface area contributed by atoms with Gasteiger partial charge in [0, 0.05) is 37.6 Å². The summed E-state index contributed by atoms with van der Waals surface area (Å²) in [5.74, 6) is -0.207. The van der Waals surface area contributed by atoms with Gasteiger partial charge >= 0.3 is 5.97 Å². The molecule has 0 amide bonds. The number of carbonyl (C=O) groups is 1. The number of piperazine rings is 1. The van der Waals surface area contributed by atoms with Gasteiger partial charge in [0.2, 0.25) is 0 Å². The molecular formula is C22H26N4O2. The number of benzene rings is 2. The summed E-state index contributed by atoms with van der Waals surface area (Å²) in [4.78, 5) is 21.1. The van der Waals surface area contributed by atoms with E-state index in [-0.39, 0.29) is 12.4 Å². The number of aromatic nitrogens is 2. The highest BCUT2D eigenvalue weighted by atomic mass is 16.5. The van der Waals surface area contributed by atoms with Crippen LogP contribution in [0.4, 0.5) is 5.69 Å². The number of carbonyl (C=O) groups excluding carboxylic acids is 1. The SMILES string of the molecule is CCOC(=O)Cc1ccc2c(c1)ncn2-c1cccc(N2CCN(C)CC2)c1.